The second kappa shape index (κ2) is 13.1. The van der Waals surface area contributed by atoms with Gasteiger partial charge < -0.3 is 14.6 Å². The zero-order valence-electron chi connectivity index (χ0n) is 21.7. The zero-order valence-corrected chi connectivity index (χ0v) is 21.7. The summed E-state index contributed by atoms with van der Waals surface area (Å²) in [6.45, 7) is 4.17. The summed E-state index contributed by atoms with van der Waals surface area (Å²) in [5, 5.41) is 10.5. The number of carbonyl (C=O) groups is 2. The van der Waals surface area contributed by atoms with Gasteiger partial charge in [0, 0.05) is 42.8 Å². The van der Waals surface area contributed by atoms with Crippen molar-refractivity contribution < 1.29 is 14.7 Å². The smallest absolute Gasteiger partial charge is 0.352 e. The standard InChI is InChI=1S/C26H26N4O2.C3H7NO/c1-3-11-21(4-2)30-22(25(31)32)16-20-17-27-26(29-24(20)30)28-23(18-12-7-5-8-13-18)19-14-9-6-10-15-19;1-4(2)3-5/h5-10,12-17,21H,3-4,11H2,1-2H3,(H,31,32);3H,1-2H3. The molecule has 2 aromatic carbocycles. The van der Waals surface area contributed by atoms with Crippen molar-refractivity contribution in [2.24, 2.45) is 4.99 Å². The molecular weight excluding hydrogens is 466 g/mol. The quantitative estimate of drug-likeness (QED) is 0.233. The number of carbonyl (C=O) groups excluding carboxylic acids is 1. The van der Waals surface area contributed by atoms with Crippen LogP contribution in [0.5, 0.6) is 0 Å². The van der Waals surface area contributed by atoms with Gasteiger partial charge in [0.25, 0.3) is 5.95 Å². The normalized spacial score (nSPS) is 11.2. The molecule has 2 aromatic heterocycles. The SMILES string of the molecule is CCCC(CC)n1c(C(=O)O)cc2cnc(N=C(c3ccccc3)c3ccccc3)nc21.CN(C)C=O. The van der Waals surface area contributed by atoms with E-state index >= 15 is 0 Å². The maximum Gasteiger partial charge on any atom is 0.352 e. The molecule has 0 saturated heterocycles. The van der Waals surface area contributed by atoms with Crippen LogP contribution in [0.1, 0.15) is 60.8 Å². The predicted molar refractivity (Wildman–Crippen MR) is 147 cm³/mol. The molecule has 0 aliphatic rings. The number of aromatic carboxylic acids is 1. The molecule has 0 bridgehead atoms. The Hall–Kier alpha value is -4.33. The molecule has 0 saturated carbocycles. The number of carboxylic acid groups (broad SMARTS) is 1. The molecular formula is C29H33N5O3. The number of aliphatic imine (C=N–C) groups is 1. The van der Waals surface area contributed by atoms with Crippen LogP contribution in [-0.2, 0) is 4.79 Å². The predicted octanol–water partition coefficient (Wildman–Crippen LogP) is 5.75. The Morgan fingerprint density at radius 1 is 1.05 bits per heavy atom. The number of hydrogen-bond acceptors (Lipinski definition) is 5. The monoisotopic (exact) mass is 499 g/mol. The van der Waals surface area contributed by atoms with E-state index in [-0.39, 0.29) is 11.7 Å². The highest BCUT2D eigenvalue weighted by atomic mass is 16.4. The van der Waals surface area contributed by atoms with Gasteiger partial charge in [-0.3, -0.25) is 4.79 Å². The molecule has 4 rings (SSSR count). The Morgan fingerprint density at radius 3 is 2.08 bits per heavy atom. The van der Waals surface area contributed by atoms with Crippen molar-refractivity contribution in [1.82, 2.24) is 19.4 Å². The van der Waals surface area contributed by atoms with Crippen molar-refractivity contribution in [2.45, 2.75) is 39.2 Å². The molecule has 192 valence electrons. The highest BCUT2D eigenvalue weighted by Gasteiger charge is 2.22. The summed E-state index contributed by atoms with van der Waals surface area (Å²) in [4.78, 5) is 36.8. The molecule has 37 heavy (non-hydrogen) atoms. The highest BCUT2D eigenvalue weighted by Crippen LogP contribution is 2.29. The first kappa shape index (κ1) is 27.3. The fraction of sp³-hybridized carbons (Fsp3) is 0.276. The van der Waals surface area contributed by atoms with Crippen molar-refractivity contribution in [3.8, 4) is 0 Å². The molecule has 0 fully saturated rings. The molecule has 8 heteroatoms. The number of rotatable bonds is 9. The van der Waals surface area contributed by atoms with Crippen LogP contribution in [0.4, 0.5) is 5.95 Å². The van der Waals surface area contributed by atoms with E-state index in [1.807, 2.05) is 65.2 Å². The number of hydrogen-bond donors (Lipinski definition) is 1. The number of fused-ring (bicyclic) bond motifs is 1. The van der Waals surface area contributed by atoms with Gasteiger partial charge in [0.1, 0.15) is 11.3 Å². The summed E-state index contributed by atoms with van der Waals surface area (Å²) in [6, 6.07) is 21.5. The first-order valence-electron chi connectivity index (χ1n) is 12.3. The molecule has 1 N–H and O–H groups in total. The van der Waals surface area contributed by atoms with E-state index in [9.17, 15) is 14.7 Å². The van der Waals surface area contributed by atoms with Gasteiger partial charge in [-0.15, -0.1) is 0 Å². The minimum absolute atomic E-state index is 0.0537. The van der Waals surface area contributed by atoms with Gasteiger partial charge in [0.2, 0.25) is 6.41 Å². The topological polar surface area (TPSA) is 101 Å². The summed E-state index contributed by atoms with van der Waals surface area (Å²) < 4.78 is 1.84. The maximum atomic E-state index is 12.0. The van der Waals surface area contributed by atoms with E-state index in [2.05, 4.69) is 18.8 Å². The largest absolute Gasteiger partial charge is 0.477 e. The second-order valence-electron chi connectivity index (χ2n) is 8.77. The lowest BCUT2D eigenvalue weighted by Gasteiger charge is -2.19. The van der Waals surface area contributed by atoms with Crippen LogP contribution >= 0.6 is 0 Å². The molecule has 0 spiro atoms. The maximum absolute atomic E-state index is 12.0. The van der Waals surface area contributed by atoms with Crippen molar-refractivity contribution in [3.05, 3.63) is 89.7 Å². The third-order valence-electron chi connectivity index (χ3n) is 5.76. The number of amides is 1. The lowest BCUT2D eigenvalue weighted by atomic mass is 10.0. The summed E-state index contributed by atoms with van der Waals surface area (Å²) in [7, 11) is 3.38. The first-order valence-corrected chi connectivity index (χ1v) is 12.3. The number of aromatic nitrogens is 3. The summed E-state index contributed by atoms with van der Waals surface area (Å²) in [6.07, 6.45) is 5.07. The fourth-order valence-corrected chi connectivity index (χ4v) is 4.02. The van der Waals surface area contributed by atoms with E-state index in [0.717, 1.165) is 42.5 Å². The van der Waals surface area contributed by atoms with Gasteiger partial charge >= 0.3 is 5.97 Å². The van der Waals surface area contributed by atoms with E-state index in [1.54, 1.807) is 26.4 Å². The summed E-state index contributed by atoms with van der Waals surface area (Å²) in [5.41, 5.74) is 3.53. The Labute approximate surface area is 217 Å². The second-order valence-corrected chi connectivity index (χ2v) is 8.77. The van der Waals surface area contributed by atoms with E-state index in [4.69, 9.17) is 9.98 Å². The molecule has 0 aliphatic carbocycles. The first-order chi connectivity index (χ1) is 17.9. The average Bonchev–Trinajstić information content (AvgIpc) is 3.30. The highest BCUT2D eigenvalue weighted by molar-refractivity contribution is 6.13. The van der Waals surface area contributed by atoms with Crippen LogP contribution < -0.4 is 0 Å². The lowest BCUT2D eigenvalue weighted by molar-refractivity contribution is -0.115. The molecule has 4 aromatic rings. The van der Waals surface area contributed by atoms with Gasteiger partial charge in [-0.1, -0.05) is 80.9 Å². The summed E-state index contributed by atoms with van der Waals surface area (Å²) >= 11 is 0. The molecule has 8 nitrogen and oxygen atoms in total. The van der Waals surface area contributed by atoms with Crippen LogP contribution in [0.2, 0.25) is 0 Å². The van der Waals surface area contributed by atoms with Gasteiger partial charge in [-0.05, 0) is 18.9 Å². The number of benzene rings is 2. The zero-order chi connectivity index (χ0) is 26.8. The molecule has 0 radical (unpaired) electrons. The molecule has 1 amide bonds. The van der Waals surface area contributed by atoms with E-state index < -0.39 is 5.97 Å². The van der Waals surface area contributed by atoms with E-state index in [0.29, 0.717) is 17.0 Å². The Kier molecular flexibility index (Phi) is 9.66. The van der Waals surface area contributed by atoms with E-state index in [1.165, 1.54) is 4.90 Å². The van der Waals surface area contributed by atoms with Crippen molar-refractivity contribution in [2.75, 3.05) is 14.1 Å². The lowest BCUT2D eigenvalue weighted by Crippen LogP contribution is -2.15. The number of nitrogens with zero attached hydrogens (tertiary/aromatic N) is 5. The van der Waals surface area contributed by atoms with Crippen molar-refractivity contribution in [3.63, 3.8) is 0 Å². The molecule has 1 unspecified atom stereocenters. The van der Waals surface area contributed by atoms with Gasteiger partial charge in [-0.25, -0.2) is 14.8 Å². The van der Waals surface area contributed by atoms with Crippen LogP contribution in [0.15, 0.2) is 77.9 Å². The van der Waals surface area contributed by atoms with Crippen molar-refractivity contribution in [1.29, 1.82) is 0 Å². The molecule has 2 heterocycles. The third kappa shape index (κ3) is 6.88. The van der Waals surface area contributed by atoms with Gasteiger partial charge in [0.05, 0.1) is 5.71 Å². The van der Waals surface area contributed by atoms with Crippen LogP contribution in [0.3, 0.4) is 0 Å². The van der Waals surface area contributed by atoms with Gasteiger partial charge in [0.15, 0.2) is 0 Å². The Balaban J connectivity index is 0.000000695. The fourth-order valence-electron chi connectivity index (χ4n) is 4.02. The number of carboxylic acids is 1. The van der Waals surface area contributed by atoms with Crippen LogP contribution in [-0.4, -0.2) is 56.7 Å². The molecule has 0 aliphatic heterocycles. The minimum Gasteiger partial charge on any atom is -0.477 e. The van der Waals surface area contributed by atoms with Crippen molar-refractivity contribution >= 4 is 35.1 Å². The summed E-state index contributed by atoms with van der Waals surface area (Å²) in [5.74, 6) is -0.653. The minimum atomic E-state index is -0.961. The average molecular weight is 500 g/mol. The van der Waals surface area contributed by atoms with Crippen LogP contribution in [0, 0.1) is 0 Å². The van der Waals surface area contributed by atoms with Crippen LogP contribution in [0.25, 0.3) is 11.0 Å². The molecule has 1 atom stereocenters. The Bertz CT molecular complexity index is 1310. The van der Waals surface area contributed by atoms with Gasteiger partial charge in [-0.2, -0.15) is 4.98 Å². The third-order valence-corrected chi connectivity index (χ3v) is 5.76. The Morgan fingerprint density at radius 2 is 1.62 bits per heavy atom.